The molecule has 0 aliphatic carbocycles. The van der Waals surface area contributed by atoms with Crippen molar-refractivity contribution in [3.05, 3.63) is 23.4 Å². The summed E-state index contributed by atoms with van der Waals surface area (Å²) in [5.74, 6) is -0.317. The topological polar surface area (TPSA) is 84.9 Å². The van der Waals surface area contributed by atoms with Gasteiger partial charge in [0.05, 0.1) is 0 Å². The molecule has 1 fully saturated rings. The molecule has 0 spiro atoms. The number of hydrogen-bond acceptors (Lipinski definition) is 7. The maximum Gasteiger partial charge on any atom is 0.342 e. The first-order valence-electron chi connectivity index (χ1n) is 9.29. The molecule has 156 valence electrons. The summed E-state index contributed by atoms with van der Waals surface area (Å²) < 4.78 is 10.6. The van der Waals surface area contributed by atoms with Gasteiger partial charge in [-0.3, -0.25) is 14.5 Å². The average molecular weight is 443 g/mol. The molecule has 1 saturated heterocycles. The third kappa shape index (κ3) is 5.82. The van der Waals surface area contributed by atoms with Crippen molar-refractivity contribution in [1.82, 2.24) is 9.88 Å². The molecule has 0 radical (unpaired) electrons. The van der Waals surface area contributed by atoms with Gasteiger partial charge in [0.25, 0.3) is 0 Å². The Bertz CT molecular complexity index is 724. The first-order valence-corrected chi connectivity index (χ1v) is 17.2. The van der Waals surface area contributed by atoms with E-state index in [-0.39, 0.29) is 29.9 Å². The Balaban J connectivity index is 2.29. The number of ether oxygens (including phenoxy) is 1. The highest BCUT2D eigenvalue weighted by molar-refractivity contribution is 8.00. The second-order valence-electron chi connectivity index (χ2n) is 8.86. The Labute approximate surface area is 173 Å². The highest BCUT2D eigenvalue weighted by atomic mass is 32.2. The van der Waals surface area contributed by atoms with Crippen LogP contribution in [0.15, 0.2) is 23.4 Å². The number of fused-ring (bicyclic) bond motifs is 1. The van der Waals surface area contributed by atoms with E-state index < -0.39 is 22.5 Å². The molecule has 1 amide bonds. The van der Waals surface area contributed by atoms with E-state index >= 15 is 0 Å². The molecule has 0 aromatic carbocycles. The van der Waals surface area contributed by atoms with Gasteiger partial charge < -0.3 is 14.1 Å². The summed E-state index contributed by atoms with van der Waals surface area (Å²) in [7, 11) is -3.77. The Morgan fingerprint density at radius 3 is 2.43 bits per heavy atom. The number of β-lactam (4-membered cyclic amide) rings is 1. The molecule has 1 unspecified atom stereocenters. The number of esters is 1. The van der Waals surface area contributed by atoms with Crippen molar-refractivity contribution in [2.45, 2.75) is 57.6 Å². The van der Waals surface area contributed by atoms with E-state index in [1.807, 2.05) is 19.6 Å². The number of nitrogens with one attached hydrogen (secondary N) is 1. The summed E-state index contributed by atoms with van der Waals surface area (Å²) in [4.78, 5) is 41.7. The zero-order chi connectivity index (χ0) is 21.3. The quantitative estimate of drug-likeness (QED) is 0.368. The van der Waals surface area contributed by atoms with Crippen LogP contribution in [-0.2, 0) is 23.5 Å². The van der Waals surface area contributed by atoms with Gasteiger partial charge in [-0.15, -0.1) is 11.8 Å². The number of amides is 1. The minimum Gasteiger partial charge on any atom is -0.515 e. The number of hydrogen-bond donors (Lipinski definition) is 1. The Kier molecular flexibility index (Phi) is 7.00. The lowest BCUT2D eigenvalue weighted by Gasteiger charge is -2.51. The number of nitrogens with zero attached hydrogens (tertiary/aromatic N) is 1. The van der Waals surface area contributed by atoms with E-state index in [2.05, 4.69) is 24.6 Å². The fourth-order valence-electron chi connectivity index (χ4n) is 2.91. The monoisotopic (exact) mass is 442 g/mol. The molecule has 2 heterocycles. The molecule has 2 rings (SSSR count). The molecule has 2 atom stereocenters. The van der Waals surface area contributed by atoms with Crippen LogP contribution in [0.5, 0.6) is 0 Å². The van der Waals surface area contributed by atoms with Gasteiger partial charge in [0.1, 0.15) is 32.0 Å². The van der Waals surface area contributed by atoms with Gasteiger partial charge in [-0.25, -0.2) is 4.79 Å². The van der Waals surface area contributed by atoms with Crippen LogP contribution in [0, 0.1) is 0 Å². The molecular weight excluding hydrogens is 412 g/mol. The number of allylic oxidation sites excluding steroid dienone is 1. The lowest BCUT2D eigenvalue weighted by Crippen LogP contribution is -2.73. The lowest BCUT2D eigenvalue weighted by atomic mass is 10.0. The summed E-state index contributed by atoms with van der Waals surface area (Å²) in [6, 6.07) is -0.266. The Morgan fingerprint density at radius 2 is 1.89 bits per heavy atom. The third-order valence-electron chi connectivity index (χ3n) is 3.88. The van der Waals surface area contributed by atoms with Gasteiger partial charge in [0.15, 0.2) is 0 Å². The number of thioether (sulfide) groups is 1. The fraction of sp³-hybridized carbons (Fsp3) is 0.611. The second-order valence-corrected chi connectivity index (χ2v) is 19.2. The van der Waals surface area contributed by atoms with Crippen molar-refractivity contribution in [2.75, 3.05) is 12.4 Å². The van der Waals surface area contributed by atoms with E-state index in [4.69, 9.17) is 9.16 Å². The van der Waals surface area contributed by atoms with Crippen molar-refractivity contribution in [3.63, 3.8) is 0 Å². The van der Waals surface area contributed by atoms with Crippen LogP contribution >= 0.6 is 11.8 Å². The van der Waals surface area contributed by atoms with Gasteiger partial charge in [0.2, 0.25) is 14.2 Å². The van der Waals surface area contributed by atoms with Crippen LogP contribution in [0.1, 0.15) is 6.92 Å². The van der Waals surface area contributed by atoms with E-state index in [1.165, 1.54) is 6.92 Å². The Morgan fingerprint density at radius 1 is 1.25 bits per heavy atom. The first-order chi connectivity index (χ1) is 12.8. The summed E-state index contributed by atoms with van der Waals surface area (Å²) >= 11 is 1.63. The van der Waals surface area contributed by atoms with Gasteiger partial charge in [-0.05, 0) is 31.3 Å². The van der Waals surface area contributed by atoms with E-state index in [9.17, 15) is 14.4 Å². The van der Waals surface area contributed by atoms with Crippen LogP contribution in [-0.4, -0.2) is 63.1 Å². The molecule has 1 N–H and O–H groups in total. The van der Waals surface area contributed by atoms with Crippen molar-refractivity contribution in [2.24, 2.45) is 0 Å². The largest absolute Gasteiger partial charge is 0.515 e. The van der Waals surface area contributed by atoms with E-state index in [1.54, 1.807) is 28.8 Å². The number of carbonyl (C=O) groups excluding carboxylic acids is 3. The summed E-state index contributed by atoms with van der Waals surface area (Å²) in [6.07, 6.45) is 3.43. The molecule has 0 bridgehead atoms. The van der Waals surface area contributed by atoms with Gasteiger partial charge in [-0.1, -0.05) is 25.7 Å². The van der Waals surface area contributed by atoms with Crippen molar-refractivity contribution >= 4 is 46.2 Å². The van der Waals surface area contributed by atoms with Crippen LogP contribution in [0.25, 0.3) is 0 Å². The molecule has 28 heavy (non-hydrogen) atoms. The zero-order valence-corrected chi connectivity index (χ0v) is 20.4. The SMILES string of the molecule is CC(=O)OC/C=C/C1=C(C(=O)O[Si](C)(C)C)N2C(=O)C(N[Si](C)(C)C)[C@H]2SC1. The fourth-order valence-corrected chi connectivity index (χ4v) is 6.22. The normalized spacial score (nSPS) is 22.8. The van der Waals surface area contributed by atoms with Crippen LogP contribution in [0.3, 0.4) is 0 Å². The predicted octanol–water partition coefficient (Wildman–Crippen LogP) is 2.45. The smallest absolute Gasteiger partial charge is 0.342 e. The van der Waals surface area contributed by atoms with Crippen LogP contribution in [0.2, 0.25) is 39.3 Å². The summed E-state index contributed by atoms with van der Waals surface area (Å²) in [5, 5.41) is -0.103. The number of carbonyl (C=O) groups is 3. The predicted molar refractivity (Wildman–Crippen MR) is 116 cm³/mol. The van der Waals surface area contributed by atoms with Crippen molar-refractivity contribution in [1.29, 1.82) is 0 Å². The molecular formula is C18H30N2O5SSi2. The number of rotatable bonds is 7. The van der Waals surface area contributed by atoms with E-state index in [0.29, 0.717) is 11.4 Å². The maximum atomic E-state index is 12.9. The zero-order valence-electron chi connectivity index (χ0n) is 17.6. The van der Waals surface area contributed by atoms with Crippen molar-refractivity contribution < 1.29 is 23.5 Å². The Hall–Kier alpha value is -1.37. The molecule has 0 aromatic rings. The van der Waals surface area contributed by atoms with Crippen LogP contribution < -0.4 is 4.98 Å². The maximum absolute atomic E-state index is 12.9. The summed E-state index contributed by atoms with van der Waals surface area (Å²) in [6.45, 7) is 13.7. The van der Waals surface area contributed by atoms with E-state index in [0.717, 1.165) is 5.57 Å². The first kappa shape index (κ1) is 22.9. The highest BCUT2D eigenvalue weighted by Gasteiger charge is 2.54. The lowest BCUT2D eigenvalue weighted by molar-refractivity contribution is -0.147. The third-order valence-corrected chi connectivity index (χ3v) is 7.16. The van der Waals surface area contributed by atoms with Gasteiger partial charge in [-0.2, -0.15) is 0 Å². The molecule has 2 aliphatic rings. The molecule has 7 nitrogen and oxygen atoms in total. The standard InChI is InChI=1S/C18H30N2O5SSi2/c1-12(21)24-10-8-9-13-11-26-17-14(19-27(2,3)4)16(22)20(17)15(13)18(23)25-28(5,6)7/h8-9,14,17,19H,10-11H2,1-7H3/b9-8+/t14?,17-/m1/s1. The highest BCUT2D eigenvalue weighted by Crippen LogP contribution is 2.41. The molecule has 10 heteroatoms. The second kappa shape index (κ2) is 8.56. The average Bonchev–Trinajstić information content (AvgIpc) is 2.53. The van der Waals surface area contributed by atoms with Crippen LogP contribution in [0.4, 0.5) is 0 Å². The molecule has 2 aliphatic heterocycles. The molecule has 0 aromatic heterocycles. The van der Waals surface area contributed by atoms with Gasteiger partial charge in [0, 0.05) is 12.7 Å². The van der Waals surface area contributed by atoms with Gasteiger partial charge >= 0.3 is 11.9 Å². The minimum absolute atomic E-state index is 0.0898. The van der Waals surface area contributed by atoms with Crippen molar-refractivity contribution in [3.8, 4) is 0 Å². The minimum atomic E-state index is -2.12. The summed E-state index contributed by atoms with van der Waals surface area (Å²) in [5.41, 5.74) is 1.04. The molecule has 0 saturated carbocycles.